The van der Waals surface area contributed by atoms with E-state index in [2.05, 4.69) is 34.5 Å². The number of pyridine rings is 1. The molecule has 1 heterocycles. The summed E-state index contributed by atoms with van der Waals surface area (Å²) in [6.45, 7) is 3.93. The number of anilines is 1. The highest BCUT2D eigenvalue weighted by atomic mass is 32.2. The Morgan fingerprint density at radius 1 is 1.07 bits per heavy atom. The van der Waals surface area contributed by atoms with Gasteiger partial charge in [-0.3, -0.25) is 9.59 Å². The predicted octanol–water partition coefficient (Wildman–Crippen LogP) is 4.20. The molecule has 3 rings (SSSR count). The number of aryl methyl sites for hydroxylation is 2. The van der Waals surface area contributed by atoms with Crippen molar-refractivity contribution in [1.82, 2.24) is 10.3 Å². The first-order valence-corrected chi connectivity index (χ1v) is 10.1. The highest BCUT2D eigenvalue weighted by Gasteiger charge is 2.15. The molecule has 0 aliphatic rings. The lowest BCUT2D eigenvalue weighted by molar-refractivity contribution is -0.115. The molecule has 1 aromatic heterocycles. The van der Waals surface area contributed by atoms with Crippen LogP contribution < -0.4 is 10.6 Å². The zero-order valence-corrected chi connectivity index (χ0v) is 17.5. The number of carbonyl (C=O) groups excluding carboxylic acids is 2. The molecule has 0 bridgehead atoms. The fraction of sp³-hybridized carbons (Fsp3) is 0.125. The smallest absolute Gasteiger partial charge is 0.254 e. The lowest BCUT2D eigenvalue weighted by Gasteiger charge is -2.10. The second-order valence-electron chi connectivity index (χ2n) is 6.66. The molecule has 2 amide bonds. The van der Waals surface area contributed by atoms with Gasteiger partial charge in [0.15, 0.2) is 0 Å². The number of nitrogens with zero attached hydrogens (tertiary/aromatic N) is 1. The largest absolute Gasteiger partial charge is 0.343 e. The van der Waals surface area contributed by atoms with Gasteiger partial charge in [0.25, 0.3) is 5.91 Å². The molecule has 0 aliphatic carbocycles. The van der Waals surface area contributed by atoms with Gasteiger partial charge in [-0.1, -0.05) is 29.8 Å². The molecule has 0 spiro atoms. The van der Waals surface area contributed by atoms with Crippen LogP contribution in [0.2, 0.25) is 0 Å². The van der Waals surface area contributed by atoms with Gasteiger partial charge in [-0.15, -0.1) is 6.42 Å². The highest BCUT2D eigenvalue weighted by molar-refractivity contribution is 7.99. The number of terminal acetylenes is 1. The Labute approximate surface area is 180 Å². The molecule has 6 heteroatoms. The van der Waals surface area contributed by atoms with E-state index >= 15 is 0 Å². The number of benzene rings is 2. The van der Waals surface area contributed by atoms with Gasteiger partial charge in [0.1, 0.15) is 5.03 Å². The monoisotopic (exact) mass is 415 g/mol. The normalized spacial score (nSPS) is 10.2. The van der Waals surface area contributed by atoms with E-state index in [1.807, 2.05) is 19.1 Å². The summed E-state index contributed by atoms with van der Waals surface area (Å²) < 4.78 is 0. The maximum absolute atomic E-state index is 12.7. The summed E-state index contributed by atoms with van der Waals surface area (Å²) in [6, 6.07) is 16.5. The summed E-state index contributed by atoms with van der Waals surface area (Å²) in [5.74, 6) is 1.81. The SMILES string of the molecule is C#Cc1cccc(NC(=O)CNC(=O)c2cccnc2Sc2ccc(C)c(C)c2)c1. The van der Waals surface area contributed by atoms with Crippen molar-refractivity contribution >= 4 is 29.3 Å². The molecule has 150 valence electrons. The van der Waals surface area contributed by atoms with Gasteiger partial charge < -0.3 is 10.6 Å². The Kier molecular flexibility index (Phi) is 6.89. The molecule has 2 aromatic carbocycles. The van der Waals surface area contributed by atoms with Crippen LogP contribution in [0.3, 0.4) is 0 Å². The topological polar surface area (TPSA) is 71.1 Å². The molecule has 0 atom stereocenters. The number of rotatable bonds is 6. The van der Waals surface area contributed by atoms with Crippen molar-refractivity contribution in [1.29, 1.82) is 0 Å². The van der Waals surface area contributed by atoms with E-state index in [1.54, 1.807) is 42.6 Å². The van der Waals surface area contributed by atoms with E-state index in [0.717, 1.165) is 4.90 Å². The van der Waals surface area contributed by atoms with Crippen LogP contribution in [0, 0.1) is 26.2 Å². The maximum Gasteiger partial charge on any atom is 0.254 e. The van der Waals surface area contributed by atoms with Gasteiger partial charge in [-0.05, 0) is 67.4 Å². The Balaban J connectivity index is 1.64. The third-order valence-corrected chi connectivity index (χ3v) is 5.44. The quantitative estimate of drug-likeness (QED) is 0.592. The van der Waals surface area contributed by atoms with Crippen LogP contribution in [0.15, 0.2) is 70.7 Å². The van der Waals surface area contributed by atoms with Crippen LogP contribution in [-0.2, 0) is 4.79 Å². The van der Waals surface area contributed by atoms with Gasteiger partial charge in [0, 0.05) is 22.3 Å². The molecule has 0 saturated carbocycles. The van der Waals surface area contributed by atoms with Crippen molar-refractivity contribution < 1.29 is 9.59 Å². The van der Waals surface area contributed by atoms with E-state index in [9.17, 15) is 9.59 Å². The summed E-state index contributed by atoms with van der Waals surface area (Å²) in [6.07, 6.45) is 7.01. The van der Waals surface area contributed by atoms with E-state index in [-0.39, 0.29) is 18.4 Å². The molecule has 2 N–H and O–H groups in total. The second kappa shape index (κ2) is 9.77. The van der Waals surface area contributed by atoms with Crippen LogP contribution in [-0.4, -0.2) is 23.3 Å². The number of carbonyl (C=O) groups is 2. The van der Waals surface area contributed by atoms with E-state index in [4.69, 9.17) is 6.42 Å². The molecular formula is C24H21N3O2S. The molecular weight excluding hydrogens is 394 g/mol. The molecule has 30 heavy (non-hydrogen) atoms. The minimum absolute atomic E-state index is 0.165. The number of hydrogen-bond donors (Lipinski definition) is 2. The van der Waals surface area contributed by atoms with Crippen molar-refractivity contribution in [2.45, 2.75) is 23.8 Å². The molecule has 0 saturated heterocycles. The molecule has 0 unspecified atom stereocenters. The second-order valence-corrected chi connectivity index (χ2v) is 7.72. The number of nitrogens with one attached hydrogen (secondary N) is 2. The first-order valence-electron chi connectivity index (χ1n) is 9.31. The zero-order chi connectivity index (χ0) is 21.5. The Morgan fingerprint density at radius 3 is 2.67 bits per heavy atom. The lowest BCUT2D eigenvalue weighted by atomic mass is 10.1. The minimum Gasteiger partial charge on any atom is -0.343 e. The number of amides is 2. The fourth-order valence-corrected chi connectivity index (χ4v) is 3.66. The molecule has 0 radical (unpaired) electrons. The van der Waals surface area contributed by atoms with Crippen LogP contribution in [0.5, 0.6) is 0 Å². The van der Waals surface area contributed by atoms with Gasteiger partial charge in [-0.2, -0.15) is 0 Å². The predicted molar refractivity (Wildman–Crippen MR) is 120 cm³/mol. The van der Waals surface area contributed by atoms with Crippen molar-refractivity contribution in [2.75, 3.05) is 11.9 Å². The molecule has 5 nitrogen and oxygen atoms in total. The third-order valence-electron chi connectivity index (χ3n) is 4.43. The summed E-state index contributed by atoms with van der Waals surface area (Å²) in [4.78, 5) is 30.2. The summed E-state index contributed by atoms with van der Waals surface area (Å²) in [7, 11) is 0. The first kappa shape index (κ1) is 21.2. The Morgan fingerprint density at radius 2 is 1.90 bits per heavy atom. The maximum atomic E-state index is 12.7. The standard InChI is InChI=1S/C24H21N3O2S/c1-4-18-7-5-8-19(14-18)27-22(28)15-26-23(29)21-9-6-12-25-24(21)30-20-11-10-16(2)17(3)13-20/h1,5-14H,15H2,2-3H3,(H,26,29)(H,27,28). The number of aromatic nitrogens is 1. The van der Waals surface area contributed by atoms with Crippen molar-refractivity contribution in [3.63, 3.8) is 0 Å². The van der Waals surface area contributed by atoms with Crippen LogP contribution in [0.25, 0.3) is 0 Å². The van der Waals surface area contributed by atoms with Crippen molar-refractivity contribution in [3.05, 3.63) is 83.0 Å². The van der Waals surface area contributed by atoms with Crippen LogP contribution >= 0.6 is 11.8 Å². The Bertz CT molecular complexity index is 1140. The first-order chi connectivity index (χ1) is 14.5. The van der Waals surface area contributed by atoms with Crippen molar-refractivity contribution in [2.24, 2.45) is 0 Å². The number of hydrogen-bond acceptors (Lipinski definition) is 4. The van der Waals surface area contributed by atoms with Gasteiger partial charge in [0.2, 0.25) is 5.91 Å². The summed E-state index contributed by atoms with van der Waals surface area (Å²) in [5, 5.41) is 5.95. The average molecular weight is 416 g/mol. The minimum atomic E-state index is -0.359. The van der Waals surface area contributed by atoms with E-state index in [0.29, 0.717) is 21.8 Å². The van der Waals surface area contributed by atoms with Crippen LogP contribution in [0.1, 0.15) is 27.0 Å². The third kappa shape index (κ3) is 5.49. The van der Waals surface area contributed by atoms with E-state index in [1.165, 1.54) is 22.9 Å². The van der Waals surface area contributed by atoms with Gasteiger partial charge >= 0.3 is 0 Å². The van der Waals surface area contributed by atoms with Crippen molar-refractivity contribution in [3.8, 4) is 12.3 Å². The van der Waals surface area contributed by atoms with Crippen LogP contribution in [0.4, 0.5) is 5.69 Å². The average Bonchev–Trinajstić information content (AvgIpc) is 2.75. The summed E-state index contributed by atoms with van der Waals surface area (Å²) >= 11 is 1.42. The summed E-state index contributed by atoms with van der Waals surface area (Å²) in [5.41, 5.74) is 4.05. The van der Waals surface area contributed by atoms with Gasteiger partial charge in [-0.25, -0.2) is 4.98 Å². The molecule has 0 aliphatic heterocycles. The fourth-order valence-electron chi connectivity index (χ4n) is 2.68. The molecule has 0 fully saturated rings. The Hall–Kier alpha value is -3.56. The zero-order valence-electron chi connectivity index (χ0n) is 16.7. The molecule has 3 aromatic rings. The van der Waals surface area contributed by atoms with E-state index < -0.39 is 0 Å². The highest BCUT2D eigenvalue weighted by Crippen LogP contribution is 2.29. The van der Waals surface area contributed by atoms with Gasteiger partial charge in [0.05, 0.1) is 12.1 Å². The lowest BCUT2D eigenvalue weighted by Crippen LogP contribution is -2.33.